The summed E-state index contributed by atoms with van der Waals surface area (Å²) in [5.74, 6) is 1.33. The van der Waals surface area contributed by atoms with Gasteiger partial charge in [0.2, 0.25) is 5.91 Å². The first-order valence-corrected chi connectivity index (χ1v) is 7.03. The van der Waals surface area contributed by atoms with Crippen molar-refractivity contribution in [2.75, 3.05) is 0 Å². The third-order valence-electron chi connectivity index (χ3n) is 3.80. The van der Waals surface area contributed by atoms with Gasteiger partial charge >= 0.3 is 0 Å². The van der Waals surface area contributed by atoms with Crippen LogP contribution in [0.5, 0.6) is 0 Å². The minimum absolute atomic E-state index is 0.0195. The SMILES string of the molecule is Cc1ccnc([C@@H](NC(=O)C2=CCCC2)C2CC2)n1. The van der Waals surface area contributed by atoms with Gasteiger partial charge < -0.3 is 5.32 Å². The second kappa shape index (κ2) is 5.11. The van der Waals surface area contributed by atoms with Crippen molar-refractivity contribution in [2.24, 2.45) is 5.92 Å². The number of aromatic nitrogens is 2. The predicted octanol–water partition coefficient (Wildman–Crippen LogP) is 2.46. The van der Waals surface area contributed by atoms with Gasteiger partial charge in [-0.15, -0.1) is 0 Å². The molecule has 2 aliphatic rings. The van der Waals surface area contributed by atoms with E-state index < -0.39 is 0 Å². The number of hydrogen-bond donors (Lipinski definition) is 1. The van der Waals surface area contributed by atoms with Crippen LogP contribution in [-0.2, 0) is 4.79 Å². The fraction of sp³-hybridized carbons (Fsp3) is 0.533. The summed E-state index contributed by atoms with van der Waals surface area (Å²) in [6.07, 6.45) is 9.15. The number of rotatable bonds is 4. The third kappa shape index (κ3) is 2.83. The van der Waals surface area contributed by atoms with Gasteiger partial charge in [-0.3, -0.25) is 4.79 Å². The molecule has 4 nitrogen and oxygen atoms in total. The van der Waals surface area contributed by atoms with E-state index in [1.54, 1.807) is 6.20 Å². The zero-order valence-corrected chi connectivity index (χ0v) is 11.2. The molecule has 100 valence electrons. The van der Waals surface area contributed by atoms with E-state index >= 15 is 0 Å². The van der Waals surface area contributed by atoms with E-state index in [9.17, 15) is 4.79 Å². The maximum absolute atomic E-state index is 12.2. The average Bonchev–Trinajstić information content (AvgIpc) is 3.09. The summed E-state index contributed by atoms with van der Waals surface area (Å²) >= 11 is 0. The van der Waals surface area contributed by atoms with Crippen LogP contribution in [0.2, 0.25) is 0 Å². The zero-order valence-electron chi connectivity index (χ0n) is 11.2. The maximum atomic E-state index is 12.2. The van der Waals surface area contributed by atoms with Crippen molar-refractivity contribution in [2.45, 2.75) is 45.1 Å². The van der Waals surface area contributed by atoms with E-state index in [4.69, 9.17) is 0 Å². The van der Waals surface area contributed by atoms with Gasteiger partial charge in [-0.25, -0.2) is 9.97 Å². The van der Waals surface area contributed by atoms with E-state index in [0.717, 1.165) is 49.2 Å². The van der Waals surface area contributed by atoms with Crippen LogP contribution >= 0.6 is 0 Å². The second-order valence-electron chi connectivity index (χ2n) is 5.47. The number of carbonyl (C=O) groups excluding carboxylic acids is 1. The number of aryl methyl sites for hydroxylation is 1. The summed E-state index contributed by atoms with van der Waals surface area (Å²) in [4.78, 5) is 21.0. The van der Waals surface area contributed by atoms with Crippen LogP contribution in [0.15, 0.2) is 23.9 Å². The van der Waals surface area contributed by atoms with Crippen LogP contribution in [0.25, 0.3) is 0 Å². The summed E-state index contributed by atoms with van der Waals surface area (Å²) in [5.41, 5.74) is 1.88. The Labute approximate surface area is 113 Å². The largest absolute Gasteiger partial charge is 0.342 e. The topological polar surface area (TPSA) is 54.9 Å². The molecule has 3 rings (SSSR count). The lowest BCUT2D eigenvalue weighted by Gasteiger charge is -2.17. The number of nitrogens with zero attached hydrogens (tertiary/aromatic N) is 2. The Balaban J connectivity index is 1.76. The highest BCUT2D eigenvalue weighted by Crippen LogP contribution is 2.40. The summed E-state index contributed by atoms with van der Waals surface area (Å²) < 4.78 is 0. The highest BCUT2D eigenvalue weighted by atomic mass is 16.1. The minimum Gasteiger partial charge on any atom is -0.342 e. The number of amides is 1. The molecule has 19 heavy (non-hydrogen) atoms. The van der Waals surface area contributed by atoms with Gasteiger partial charge in [0.25, 0.3) is 0 Å². The molecule has 1 atom stereocenters. The molecule has 0 aromatic carbocycles. The Morgan fingerprint density at radius 3 is 2.95 bits per heavy atom. The first kappa shape index (κ1) is 12.3. The maximum Gasteiger partial charge on any atom is 0.247 e. The van der Waals surface area contributed by atoms with Gasteiger partial charge in [0.15, 0.2) is 5.82 Å². The van der Waals surface area contributed by atoms with Crippen LogP contribution in [0.4, 0.5) is 0 Å². The van der Waals surface area contributed by atoms with Crippen molar-refractivity contribution in [3.63, 3.8) is 0 Å². The smallest absolute Gasteiger partial charge is 0.247 e. The van der Waals surface area contributed by atoms with E-state index in [1.807, 2.05) is 13.0 Å². The summed E-state index contributed by atoms with van der Waals surface area (Å²) in [6, 6.07) is 1.86. The quantitative estimate of drug-likeness (QED) is 0.901. The Morgan fingerprint density at radius 2 is 2.32 bits per heavy atom. The van der Waals surface area contributed by atoms with Crippen LogP contribution < -0.4 is 5.32 Å². The van der Waals surface area contributed by atoms with Gasteiger partial charge in [0, 0.05) is 17.5 Å². The molecule has 1 amide bonds. The number of allylic oxidation sites excluding steroid dienone is 1. The fourth-order valence-electron chi connectivity index (χ4n) is 2.55. The van der Waals surface area contributed by atoms with Crippen LogP contribution in [0.3, 0.4) is 0 Å². The lowest BCUT2D eigenvalue weighted by molar-refractivity contribution is -0.118. The molecule has 2 aliphatic carbocycles. The van der Waals surface area contributed by atoms with Gasteiger partial charge in [-0.2, -0.15) is 0 Å². The average molecular weight is 257 g/mol. The van der Waals surface area contributed by atoms with Gasteiger partial charge in [-0.1, -0.05) is 6.08 Å². The van der Waals surface area contributed by atoms with E-state index in [2.05, 4.69) is 21.4 Å². The molecule has 1 aromatic rings. The van der Waals surface area contributed by atoms with Crippen LogP contribution in [0.1, 0.15) is 49.7 Å². The molecule has 1 N–H and O–H groups in total. The molecular formula is C15H19N3O. The molecule has 1 saturated carbocycles. The van der Waals surface area contributed by atoms with E-state index in [0.29, 0.717) is 5.92 Å². The van der Waals surface area contributed by atoms with Crippen LogP contribution in [-0.4, -0.2) is 15.9 Å². The fourth-order valence-corrected chi connectivity index (χ4v) is 2.55. The minimum atomic E-state index is -0.0195. The molecule has 4 heteroatoms. The van der Waals surface area contributed by atoms with Crippen molar-refractivity contribution in [1.29, 1.82) is 0 Å². The van der Waals surface area contributed by atoms with Crippen molar-refractivity contribution in [1.82, 2.24) is 15.3 Å². The van der Waals surface area contributed by atoms with Gasteiger partial charge in [0.1, 0.15) is 0 Å². The molecule has 0 saturated heterocycles. The molecule has 1 aromatic heterocycles. The summed E-state index contributed by atoms with van der Waals surface area (Å²) in [5, 5.41) is 3.13. The monoisotopic (exact) mass is 257 g/mol. The Bertz CT molecular complexity index is 520. The molecule has 0 radical (unpaired) electrons. The zero-order chi connectivity index (χ0) is 13.2. The lowest BCUT2D eigenvalue weighted by atomic mass is 10.1. The van der Waals surface area contributed by atoms with Gasteiger partial charge in [0.05, 0.1) is 6.04 Å². The number of carbonyl (C=O) groups is 1. The predicted molar refractivity (Wildman–Crippen MR) is 72.3 cm³/mol. The van der Waals surface area contributed by atoms with Crippen molar-refractivity contribution >= 4 is 5.91 Å². The van der Waals surface area contributed by atoms with Gasteiger partial charge in [-0.05, 0) is 51.0 Å². The van der Waals surface area contributed by atoms with Crippen molar-refractivity contribution in [3.8, 4) is 0 Å². The van der Waals surface area contributed by atoms with E-state index in [-0.39, 0.29) is 11.9 Å². The Hall–Kier alpha value is -1.71. The Morgan fingerprint density at radius 1 is 1.47 bits per heavy atom. The highest BCUT2D eigenvalue weighted by Gasteiger charge is 2.35. The summed E-state index contributed by atoms with van der Waals surface area (Å²) in [7, 11) is 0. The molecule has 0 bridgehead atoms. The van der Waals surface area contributed by atoms with E-state index in [1.165, 1.54) is 0 Å². The molecule has 1 fully saturated rings. The molecule has 0 spiro atoms. The van der Waals surface area contributed by atoms with Crippen LogP contribution in [0, 0.1) is 12.8 Å². The normalized spacial score (nSPS) is 19.9. The standard InChI is InChI=1S/C15H19N3O/c1-10-8-9-16-14(17-10)13(11-6-7-11)18-15(19)12-4-2-3-5-12/h4,8-9,11,13H,2-3,5-7H2,1H3,(H,18,19)/t13-/m0/s1. The Kier molecular flexibility index (Phi) is 3.32. The third-order valence-corrected chi connectivity index (χ3v) is 3.80. The van der Waals surface area contributed by atoms with Crippen molar-refractivity contribution in [3.05, 3.63) is 35.4 Å². The lowest BCUT2D eigenvalue weighted by Crippen LogP contribution is -2.32. The molecule has 0 unspecified atom stereocenters. The highest BCUT2D eigenvalue weighted by molar-refractivity contribution is 5.94. The van der Waals surface area contributed by atoms with Crippen molar-refractivity contribution < 1.29 is 4.79 Å². The summed E-state index contributed by atoms with van der Waals surface area (Å²) in [6.45, 7) is 1.95. The first-order valence-electron chi connectivity index (χ1n) is 7.03. The number of nitrogens with one attached hydrogen (secondary N) is 1. The molecule has 1 heterocycles. The second-order valence-corrected chi connectivity index (χ2v) is 5.47. The first-order chi connectivity index (χ1) is 9.24. The molecule has 0 aliphatic heterocycles. The number of hydrogen-bond acceptors (Lipinski definition) is 3. The molecular weight excluding hydrogens is 238 g/mol.